The molecule has 1 aromatic carbocycles. The summed E-state index contributed by atoms with van der Waals surface area (Å²) < 4.78 is 13.1. The van der Waals surface area contributed by atoms with Gasteiger partial charge in [0, 0.05) is 12.0 Å². The molecule has 2 N–H and O–H groups in total. The molecule has 4 heteroatoms. The van der Waals surface area contributed by atoms with Crippen molar-refractivity contribution in [2.75, 3.05) is 0 Å². The van der Waals surface area contributed by atoms with E-state index in [4.69, 9.17) is 0 Å². The summed E-state index contributed by atoms with van der Waals surface area (Å²) in [6, 6.07) is 4.50. The number of carbonyl (C=O) groups excluding carboxylic acids is 1. The van der Waals surface area contributed by atoms with E-state index in [0.29, 0.717) is 17.5 Å². The van der Waals surface area contributed by atoms with E-state index in [-0.39, 0.29) is 23.7 Å². The third kappa shape index (κ3) is 5.39. The number of nitrogens with one attached hydrogen (secondary N) is 1. The van der Waals surface area contributed by atoms with Gasteiger partial charge in [0.15, 0.2) is 0 Å². The Morgan fingerprint density at radius 2 is 2.05 bits per heavy atom. The van der Waals surface area contributed by atoms with Crippen molar-refractivity contribution < 1.29 is 14.3 Å². The number of rotatable bonds is 4. The van der Waals surface area contributed by atoms with Crippen molar-refractivity contribution in [1.29, 1.82) is 0 Å². The molecule has 0 aliphatic rings. The highest BCUT2D eigenvalue weighted by Crippen LogP contribution is 2.20. The Morgan fingerprint density at radius 1 is 1.42 bits per heavy atom. The number of aliphatic hydroxyl groups is 1. The second kappa shape index (κ2) is 6.15. The second-order valence-corrected chi connectivity index (χ2v) is 5.86. The third-order valence-corrected chi connectivity index (χ3v) is 2.73. The standard InChI is InChI=1S/C15H22FNO2/c1-10-9-11(5-6-12(10)16)13(18)7-8-14(19)17-15(2,3)4/h5-6,9,13,18H,7-8H2,1-4H3,(H,17,19). The average molecular weight is 267 g/mol. The van der Waals surface area contributed by atoms with Gasteiger partial charge in [0.1, 0.15) is 5.82 Å². The number of halogens is 1. The van der Waals surface area contributed by atoms with Crippen LogP contribution in [0.4, 0.5) is 4.39 Å². The zero-order valence-electron chi connectivity index (χ0n) is 12.0. The summed E-state index contributed by atoms with van der Waals surface area (Å²) in [5, 5.41) is 12.8. The number of carbonyl (C=O) groups is 1. The molecular weight excluding hydrogens is 245 g/mol. The van der Waals surface area contributed by atoms with Crippen LogP contribution < -0.4 is 5.32 Å². The molecule has 0 radical (unpaired) electrons. The molecule has 106 valence electrons. The third-order valence-electron chi connectivity index (χ3n) is 2.73. The summed E-state index contributed by atoms with van der Waals surface area (Å²) >= 11 is 0. The van der Waals surface area contributed by atoms with Crippen LogP contribution in [0.5, 0.6) is 0 Å². The second-order valence-electron chi connectivity index (χ2n) is 5.86. The molecule has 1 rings (SSSR count). The SMILES string of the molecule is Cc1cc(C(O)CCC(=O)NC(C)(C)C)ccc1F. The van der Waals surface area contributed by atoms with E-state index in [0.717, 1.165) is 0 Å². The lowest BCUT2D eigenvalue weighted by atomic mass is 10.0. The van der Waals surface area contributed by atoms with E-state index < -0.39 is 6.10 Å². The lowest BCUT2D eigenvalue weighted by Crippen LogP contribution is -2.40. The first-order chi connectivity index (χ1) is 8.69. The fourth-order valence-corrected chi connectivity index (χ4v) is 1.79. The molecule has 19 heavy (non-hydrogen) atoms. The smallest absolute Gasteiger partial charge is 0.220 e. The zero-order valence-corrected chi connectivity index (χ0v) is 12.0. The molecule has 1 aromatic rings. The Bertz CT molecular complexity index is 452. The van der Waals surface area contributed by atoms with Crippen molar-refractivity contribution in [2.24, 2.45) is 0 Å². The first-order valence-electron chi connectivity index (χ1n) is 6.44. The van der Waals surface area contributed by atoms with Crippen molar-refractivity contribution in [1.82, 2.24) is 5.32 Å². The maximum absolute atomic E-state index is 13.1. The normalized spacial score (nSPS) is 13.2. The Labute approximate surface area is 113 Å². The van der Waals surface area contributed by atoms with Crippen molar-refractivity contribution in [3.63, 3.8) is 0 Å². The van der Waals surface area contributed by atoms with Crippen LogP contribution in [-0.4, -0.2) is 16.6 Å². The van der Waals surface area contributed by atoms with Crippen LogP contribution in [-0.2, 0) is 4.79 Å². The van der Waals surface area contributed by atoms with Crippen LogP contribution in [0.25, 0.3) is 0 Å². The maximum Gasteiger partial charge on any atom is 0.220 e. The number of hydrogen-bond acceptors (Lipinski definition) is 2. The molecule has 0 saturated heterocycles. The van der Waals surface area contributed by atoms with E-state index in [1.165, 1.54) is 6.07 Å². The molecule has 1 atom stereocenters. The van der Waals surface area contributed by atoms with Gasteiger partial charge in [-0.15, -0.1) is 0 Å². The van der Waals surface area contributed by atoms with E-state index >= 15 is 0 Å². The predicted molar refractivity (Wildman–Crippen MR) is 73.2 cm³/mol. The number of aliphatic hydroxyl groups excluding tert-OH is 1. The fourth-order valence-electron chi connectivity index (χ4n) is 1.79. The largest absolute Gasteiger partial charge is 0.388 e. The van der Waals surface area contributed by atoms with Crippen LogP contribution in [0.1, 0.15) is 50.8 Å². The Morgan fingerprint density at radius 3 is 2.58 bits per heavy atom. The van der Waals surface area contributed by atoms with E-state index in [1.54, 1.807) is 19.1 Å². The maximum atomic E-state index is 13.1. The molecule has 0 fully saturated rings. The van der Waals surface area contributed by atoms with E-state index in [2.05, 4.69) is 5.32 Å². The Hall–Kier alpha value is -1.42. The minimum absolute atomic E-state index is 0.0922. The Balaban J connectivity index is 2.53. The lowest BCUT2D eigenvalue weighted by molar-refractivity contribution is -0.123. The van der Waals surface area contributed by atoms with Crippen LogP contribution >= 0.6 is 0 Å². The first-order valence-corrected chi connectivity index (χ1v) is 6.44. The van der Waals surface area contributed by atoms with E-state index in [1.807, 2.05) is 20.8 Å². The molecule has 0 spiro atoms. The van der Waals surface area contributed by atoms with Gasteiger partial charge in [-0.2, -0.15) is 0 Å². The van der Waals surface area contributed by atoms with Gasteiger partial charge in [-0.1, -0.05) is 12.1 Å². The van der Waals surface area contributed by atoms with Crippen molar-refractivity contribution in [3.8, 4) is 0 Å². The van der Waals surface area contributed by atoms with Gasteiger partial charge in [-0.3, -0.25) is 4.79 Å². The molecular formula is C15H22FNO2. The molecule has 0 bridgehead atoms. The average Bonchev–Trinajstić information content (AvgIpc) is 2.27. The van der Waals surface area contributed by atoms with Gasteiger partial charge in [0.2, 0.25) is 5.91 Å². The van der Waals surface area contributed by atoms with Crippen LogP contribution in [0.2, 0.25) is 0 Å². The molecule has 0 heterocycles. The summed E-state index contributed by atoms with van der Waals surface area (Å²) in [6.45, 7) is 7.37. The van der Waals surface area contributed by atoms with Gasteiger partial charge >= 0.3 is 0 Å². The van der Waals surface area contributed by atoms with Crippen LogP contribution in [0, 0.1) is 12.7 Å². The fraction of sp³-hybridized carbons (Fsp3) is 0.533. The summed E-state index contributed by atoms with van der Waals surface area (Å²) in [7, 11) is 0. The summed E-state index contributed by atoms with van der Waals surface area (Å²) in [4.78, 5) is 11.6. The molecule has 0 saturated carbocycles. The number of benzene rings is 1. The highest BCUT2D eigenvalue weighted by Gasteiger charge is 2.16. The quantitative estimate of drug-likeness (QED) is 0.881. The van der Waals surface area contributed by atoms with Crippen molar-refractivity contribution in [3.05, 3.63) is 35.1 Å². The van der Waals surface area contributed by atoms with Crippen LogP contribution in [0.15, 0.2) is 18.2 Å². The van der Waals surface area contributed by atoms with Gasteiger partial charge in [0.25, 0.3) is 0 Å². The molecule has 0 aliphatic heterocycles. The molecule has 0 aliphatic carbocycles. The van der Waals surface area contributed by atoms with Gasteiger partial charge in [0.05, 0.1) is 6.10 Å². The zero-order chi connectivity index (χ0) is 14.6. The monoisotopic (exact) mass is 267 g/mol. The highest BCUT2D eigenvalue weighted by atomic mass is 19.1. The number of aryl methyl sites for hydroxylation is 1. The number of amides is 1. The minimum atomic E-state index is -0.745. The van der Waals surface area contributed by atoms with Crippen molar-refractivity contribution in [2.45, 2.75) is 52.2 Å². The van der Waals surface area contributed by atoms with Gasteiger partial charge < -0.3 is 10.4 Å². The van der Waals surface area contributed by atoms with Gasteiger partial charge in [-0.05, 0) is 51.3 Å². The predicted octanol–water partition coefficient (Wildman–Crippen LogP) is 2.86. The molecule has 1 unspecified atom stereocenters. The molecule has 0 aromatic heterocycles. The Kier molecular flexibility index (Phi) is 5.06. The number of hydrogen-bond donors (Lipinski definition) is 2. The topological polar surface area (TPSA) is 49.3 Å². The molecule has 1 amide bonds. The summed E-state index contributed by atoms with van der Waals surface area (Å²) in [6.07, 6.45) is -0.174. The minimum Gasteiger partial charge on any atom is -0.388 e. The van der Waals surface area contributed by atoms with Crippen molar-refractivity contribution >= 4 is 5.91 Å². The highest BCUT2D eigenvalue weighted by molar-refractivity contribution is 5.76. The van der Waals surface area contributed by atoms with Crippen LogP contribution in [0.3, 0.4) is 0 Å². The van der Waals surface area contributed by atoms with E-state index in [9.17, 15) is 14.3 Å². The lowest BCUT2D eigenvalue weighted by Gasteiger charge is -2.21. The summed E-state index contributed by atoms with van der Waals surface area (Å²) in [5.74, 6) is -0.383. The van der Waals surface area contributed by atoms with Gasteiger partial charge in [-0.25, -0.2) is 4.39 Å². The molecule has 3 nitrogen and oxygen atoms in total. The summed E-state index contributed by atoms with van der Waals surface area (Å²) in [5.41, 5.74) is 0.868. The first kappa shape index (κ1) is 15.6.